The van der Waals surface area contributed by atoms with Crippen molar-refractivity contribution < 1.29 is 13.5 Å². The minimum absolute atomic E-state index is 0.322. The molecule has 6 heteroatoms. The van der Waals surface area contributed by atoms with Crippen molar-refractivity contribution in [1.29, 1.82) is 0 Å². The van der Waals surface area contributed by atoms with Gasteiger partial charge < -0.3 is 9.64 Å². The Labute approximate surface area is 140 Å². The SMILES string of the molecule is Fc1ccc(-c2nccc(OCCCN3CCCCC3)n2)cc1F. The molecule has 0 aliphatic carbocycles. The van der Waals surface area contributed by atoms with Gasteiger partial charge in [-0.05, 0) is 50.6 Å². The topological polar surface area (TPSA) is 38.2 Å². The average molecular weight is 333 g/mol. The summed E-state index contributed by atoms with van der Waals surface area (Å²) in [6.07, 6.45) is 6.39. The van der Waals surface area contributed by atoms with Gasteiger partial charge in [0.2, 0.25) is 5.88 Å². The quantitative estimate of drug-likeness (QED) is 0.756. The highest BCUT2D eigenvalue weighted by atomic mass is 19.2. The van der Waals surface area contributed by atoms with Gasteiger partial charge >= 0.3 is 0 Å². The van der Waals surface area contributed by atoms with Crippen LogP contribution in [0.15, 0.2) is 30.5 Å². The summed E-state index contributed by atoms with van der Waals surface area (Å²) in [5.74, 6) is -1.03. The number of nitrogens with zero attached hydrogens (tertiary/aromatic N) is 3. The van der Waals surface area contributed by atoms with E-state index in [1.165, 1.54) is 38.4 Å². The Morgan fingerprint density at radius 2 is 1.88 bits per heavy atom. The van der Waals surface area contributed by atoms with Crippen LogP contribution < -0.4 is 4.74 Å². The number of hydrogen-bond donors (Lipinski definition) is 0. The third-order valence-electron chi connectivity index (χ3n) is 4.13. The smallest absolute Gasteiger partial charge is 0.216 e. The third-order valence-corrected chi connectivity index (χ3v) is 4.13. The van der Waals surface area contributed by atoms with Crippen molar-refractivity contribution in [2.45, 2.75) is 25.7 Å². The number of hydrogen-bond acceptors (Lipinski definition) is 4. The third kappa shape index (κ3) is 4.47. The van der Waals surface area contributed by atoms with Crippen LogP contribution in [-0.2, 0) is 0 Å². The molecule has 0 amide bonds. The Morgan fingerprint density at radius 1 is 1.04 bits per heavy atom. The first kappa shape index (κ1) is 16.8. The van der Waals surface area contributed by atoms with Crippen LogP contribution in [0.5, 0.6) is 5.88 Å². The lowest BCUT2D eigenvalue weighted by atomic mass is 10.1. The largest absolute Gasteiger partial charge is 0.478 e. The van der Waals surface area contributed by atoms with E-state index in [0.29, 0.717) is 23.9 Å². The Bertz CT molecular complexity index is 675. The maximum atomic E-state index is 13.3. The molecule has 128 valence electrons. The zero-order chi connectivity index (χ0) is 16.8. The van der Waals surface area contributed by atoms with Crippen LogP contribution in [0, 0.1) is 11.6 Å². The van der Waals surface area contributed by atoms with Crippen LogP contribution in [0.4, 0.5) is 8.78 Å². The van der Waals surface area contributed by atoms with Crippen molar-refractivity contribution in [3.63, 3.8) is 0 Å². The molecule has 0 N–H and O–H groups in total. The molecule has 4 nitrogen and oxygen atoms in total. The monoisotopic (exact) mass is 333 g/mol. The number of likely N-dealkylation sites (tertiary alicyclic amines) is 1. The van der Waals surface area contributed by atoms with Gasteiger partial charge in [0.25, 0.3) is 0 Å². The summed E-state index contributed by atoms with van der Waals surface area (Å²) in [4.78, 5) is 10.8. The number of aromatic nitrogens is 2. The lowest BCUT2D eigenvalue weighted by Gasteiger charge is -2.26. The van der Waals surface area contributed by atoms with Crippen molar-refractivity contribution in [1.82, 2.24) is 14.9 Å². The van der Waals surface area contributed by atoms with Gasteiger partial charge in [-0.1, -0.05) is 6.42 Å². The van der Waals surface area contributed by atoms with Gasteiger partial charge in [0, 0.05) is 24.4 Å². The Hall–Kier alpha value is -2.08. The minimum Gasteiger partial charge on any atom is -0.478 e. The summed E-state index contributed by atoms with van der Waals surface area (Å²) in [6, 6.07) is 5.28. The molecule has 1 fully saturated rings. The maximum Gasteiger partial charge on any atom is 0.216 e. The van der Waals surface area contributed by atoms with Gasteiger partial charge in [-0.15, -0.1) is 0 Å². The van der Waals surface area contributed by atoms with Crippen LogP contribution in [0.2, 0.25) is 0 Å². The summed E-state index contributed by atoms with van der Waals surface area (Å²) >= 11 is 0. The van der Waals surface area contributed by atoms with E-state index in [-0.39, 0.29) is 0 Å². The van der Waals surface area contributed by atoms with Crippen LogP contribution >= 0.6 is 0 Å². The molecular weight excluding hydrogens is 312 g/mol. The van der Waals surface area contributed by atoms with E-state index < -0.39 is 11.6 Å². The molecule has 3 rings (SSSR count). The molecule has 0 unspecified atom stereocenters. The summed E-state index contributed by atoms with van der Waals surface area (Å²) in [6.45, 7) is 3.95. The average Bonchev–Trinajstić information content (AvgIpc) is 2.62. The van der Waals surface area contributed by atoms with Crippen molar-refractivity contribution in [3.05, 3.63) is 42.1 Å². The highest BCUT2D eigenvalue weighted by Crippen LogP contribution is 2.19. The number of piperidine rings is 1. The van der Waals surface area contributed by atoms with Crippen LogP contribution in [0.1, 0.15) is 25.7 Å². The van der Waals surface area contributed by atoms with Crippen LogP contribution in [0.25, 0.3) is 11.4 Å². The van der Waals surface area contributed by atoms with E-state index in [2.05, 4.69) is 14.9 Å². The molecule has 1 aliphatic heterocycles. The molecule has 2 aromatic rings. The van der Waals surface area contributed by atoms with Crippen molar-refractivity contribution >= 4 is 0 Å². The van der Waals surface area contributed by atoms with E-state index in [1.807, 2.05) is 0 Å². The van der Waals surface area contributed by atoms with Gasteiger partial charge in [0.05, 0.1) is 6.61 Å². The van der Waals surface area contributed by atoms with Gasteiger partial charge in [-0.25, -0.2) is 13.8 Å². The van der Waals surface area contributed by atoms with Crippen LogP contribution in [-0.4, -0.2) is 41.1 Å². The Kier molecular flexibility index (Phi) is 5.69. The number of benzene rings is 1. The molecule has 0 bridgehead atoms. The van der Waals surface area contributed by atoms with Crippen LogP contribution in [0.3, 0.4) is 0 Å². The minimum atomic E-state index is -0.913. The normalized spacial score (nSPS) is 15.4. The van der Waals surface area contributed by atoms with Gasteiger partial charge in [0.15, 0.2) is 17.5 Å². The molecule has 1 aliphatic rings. The lowest BCUT2D eigenvalue weighted by molar-refractivity contribution is 0.203. The fourth-order valence-corrected chi connectivity index (χ4v) is 2.84. The van der Waals surface area contributed by atoms with E-state index in [4.69, 9.17) is 4.74 Å². The molecular formula is C18H21F2N3O. The predicted molar refractivity (Wildman–Crippen MR) is 87.8 cm³/mol. The zero-order valence-corrected chi connectivity index (χ0v) is 13.5. The second-order valence-electron chi connectivity index (χ2n) is 5.95. The van der Waals surface area contributed by atoms with Gasteiger partial charge in [0.1, 0.15) is 0 Å². The van der Waals surface area contributed by atoms with Gasteiger partial charge in [-0.2, -0.15) is 4.98 Å². The molecule has 1 aromatic carbocycles. The first-order chi connectivity index (χ1) is 11.7. The van der Waals surface area contributed by atoms with E-state index in [1.54, 1.807) is 12.3 Å². The molecule has 0 saturated carbocycles. The second-order valence-corrected chi connectivity index (χ2v) is 5.95. The standard InChI is InChI=1S/C18H21F2N3O/c19-15-6-5-14(13-16(15)20)18-21-8-7-17(22-18)24-12-4-11-23-9-2-1-3-10-23/h5-8,13H,1-4,9-12H2. The molecule has 0 radical (unpaired) electrons. The highest BCUT2D eigenvalue weighted by molar-refractivity contribution is 5.55. The lowest BCUT2D eigenvalue weighted by Crippen LogP contribution is -2.31. The molecule has 0 atom stereocenters. The molecule has 1 saturated heterocycles. The first-order valence-electron chi connectivity index (χ1n) is 8.36. The Morgan fingerprint density at radius 3 is 2.67 bits per heavy atom. The molecule has 0 spiro atoms. The second kappa shape index (κ2) is 8.15. The van der Waals surface area contributed by atoms with Crippen molar-refractivity contribution in [3.8, 4) is 17.3 Å². The predicted octanol–water partition coefficient (Wildman–Crippen LogP) is 3.68. The maximum absolute atomic E-state index is 13.3. The first-order valence-corrected chi connectivity index (χ1v) is 8.36. The molecule has 24 heavy (non-hydrogen) atoms. The molecule has 1 aromatic heterocycles. The summed E-state index contributed by atoms with van der Waals surface area (Å²) < 4.78 is 32.0. The molecule has 2 heterocycles. The highest BCUT2D eigenvalue weighted by Gasteiger charge is 2.10. The fourth-order valence-electron chi connectivity index (χ4n) is 2.84. The number of rotatable bonds is 6. The fraction of sp³-hybridized carbons (Fsp3) is 0.444. The van der Waals surface area contributed by atoms with E-state index in [9.17, 15) is 8.78 Å². The van der Waals surface area contributed by atoms with Crippen molar-refractivity contribution in [2.24, 2.45) is 0 Å². The van der Waals surface area contributed by atoms with E-state index >= 15 is 0 Å². The van der Waals surface area contributed by atoms with Gasteiger partial charge in [-0.3, -0.25) is 0 Å². The summed E-state index contributed by atoms with van der Waals surface area (Å²) in [7, 11) is 0. The number of halogens is 2. The summed E-state index contributed by atoms with van der Waals surface area (Å²) in [5, 5.41) is 0. The van der Waals surface area contributed by atoms with E-state index in [0.717, 1.165) is 25.1 Å². The van der Waals surface area contributed by atoms with Crippen molar-refractivity contribution in [2.75, 3.05) is 26.2 Å². The zero-order valence-electron chi connectivity index (χ0n) is 13.5. The number of ether oxygens (including phenoxy) is 1. The Balaban J connectivity index is 1.54. The summed E-state index contributed by atoms with van der Waals surface area (Å²) in [5.41, 5.74) is 0.424.